The van der Waals surface area contributed by atoms with Gasteiger partial charge in [-0.25, -0.2) is 9.78 Å². The van der Waals surface area contributed by atoms with Crippen LogP contribution >= 0.6 is 11.3 Å². The molecular weight excluding hydrogens is 382 g/mol. The van der Waals surface area contributed by atoms with Crippen LogP contribution in [-0.4, -0.2) is 43.7 Å². The van der Waals surface area contributed by atoms with Crippen molar-refractivity contribution in [1.29, 1.82) is 0 Å². The van der Waals surface area contributed by atoms with Crippen LogP contribution in [0.15, 0.2) is 29.3 Å². The van der Waals surface area contributed by atoms with Gasteiger partial charge < -0.3 is 18.9 Å². The molecule has 0 bridgehead atoms. The number of esters is 1. The fourth-order valence-electron chi connectivity index (χ4n) is 2.35. The molecule has 0 spiro atoms. The minimum Gasteiger partial charge on any atom is -0.493 e. The molecule has 1 aromatic heterocycles. The van der Waals surface area contributed by atoms with E-state index in [1.807, 2.05) is 0 Å². The number of rotatable bonds is 7. The van der Waals surface area contributed by atoms with Crippen LogP contribution in [0.3, 0.4) is 0 Å². The molecule has 2 aromatic rings. The highest BCUT2D eigenvalue weighted by atomic mass is 32.1. The number of hydrogen-bond acceptors (Lipinski definition) is 8. The van der Waals surface area contributed by atoms with Gasteiger partial charge in [0.15, 0.2) is 11.5 Å². The van der Waals surface area contributed by atoms with Crippen molar-refractivity contribution in [3.05, 3.63) is 39.9 Å². The molecular formula is C20H23NO6S. The third-order valence-corrected chi connectivity index (χ3v) is 4.23. The van der Waals surface area contributed by atoms with Gasteiger partial charge in [0.1, 0.15) is 16.2 Å². The predicted octanol–water partition coefficient (Wildman–Crippen LogP) is 3.78. The van der Waals surface area contributed by atoms with Gasteiger partial charge in [-0.2, -0.15) is 0 Å². The number of benzene rings is 1. The Balaban J connectivity index is 2.55. The van der Waals surface area contributed by atoms with Gasteiger partial charge in [0.2, 0.25) is 11.5 Å². The average Bonchev–Trinajstić information content (AvgIpc) is 3.16. The maximum absolute atomic E-state index is 13.2. The van der Waals surface area contributed by atoms with E-state index in [0.717, 1.165) is 0 Å². The number of Topliss-reactive ketones (excluding diaryl/α,β-unsaturated/α-hetero) is 1. The fraction of sp³-hybridized carbons (Fsp3) is 0.350. The lowest BCUT2D eigenvalue weighted by molar-refractivity contribution is -0.149. The van der Waals surface area contributed by atoms with Crippen molar-refractivity contribution >= 4 is 29.2 Å². The molecule has 0 aliphatic heterocycles. The van der Waals surface area contributed by atoms with Gasteiger partial charge in [-0.1, -0.05) is 0 Å². The quantitative estimate of drug-likeness (QED) is 0.228. The lowest BCUT2D eigenvalue weighted by atomic mass is 10.0. The van der Waals surface area contributed by atoms with Crippen LogP contribution < -0.4 is 14.2 Å². The van der Waals surface area contributed by atoms with Crippen molar-refractivity contribution in [1.82, 2.24) is 4.98 Å². The fourth-order valence-corrected chi connectivity index (χ4v) is 2.92. The second-order valence-corrected chi connectivity index (χ2v) is 7.60. The Bertz CT molecular complexity index is 856. The summed E-state index contributed by atoms with van der Waals surface area (Å²) in [6.07, 6.45) is 3.01. The first-order valence-electron chi connectivity index (χ1n) is 8.39. The van der Waals surface area contributed by atoms with Crippen molar-refractivity contribution in [3.63, 3.8) is 0 Å². The second kappa shape index (κ2) is 8.88. The van der Waals surface area contributed by atoms with Gasteiger partial charge in [-0.3, -0.25) is 4.79 Å². The lowest BCUT2D eigenvalue weighted by Crippen LogP contribution is -2.27. The SMILES string of the molecule is COc1cc(C(=O)/C(=C/c2nccs2)C(=O)OC(C)(C)C)cc(OC)c1OC. The van der Waals surface area contributed by atoms with E-state index < -0.39 is 17.4 Å². The van der Waals surface area contributed by atoms with E-state index in [9.17, 15) is 9.59 Å². The first-order chi connectivity index (χ1) is 13.2. The predicted molar refractivity (Wildman–Crippen MR) is 106 cm³/mol. The van der Waals surface area contributed by atoms with Crippen molar-refractivity contribution in [2.45, 2.75) is 26.4 Å². The van der Waals surface area contributed by atoms with Crippen LogP contribution in [0, 0.1) is 0 Å². The van der Waals surface area contributed by atoms with Crippen LogP contribution in [-0.2, 0) is 9.53 Å². The molecule has 150 valence electrons. The number of methoxy groups -OCH3 is 3. The molecule has 28 heavy (non-hydrogen) atoms. The first kappa shape index (κ1) is 21.4. The Morgan fingerprint density at radius 3 is 2.07 bits per heavy atom. The van der Waals surface area contributed by atoms with Gasteiger partial charge >= 0.3 is 5.97 Å². The van der Waals surface area contributed by atoms with Crippen LogP contribution in [0.4, 0.5) is 0 Å². The molecule has 0 radical (unpaired) electrons. The molecule has 7 nitrogen and oxygen atoms in total. The van der Waals surface area contributed by atoms with Gasteiger partial charge in [0.25, 0.3) is 0 Å². The number of carbonyl (C=O) groups is 2. The molecule has 0 N–H and O–H groups in total. The molecule has 0 unspecified atom stereocenters. The number of aromatic nitrogens is 1. The third kappa shape index (κ3) is 5.10. The Morgan fingerprint density at radius 2 is 1.64 bits per heavy atom. The largest absolute Gasteiger partial charge is 0.493 e. The summed E-state index contributed by atoms with van der Waals surface area (Å²) in [7, 11) is 4.37. The van der Waals surface area contributed by atoms with E-state index in [2.05, 4.69) is 4.98 Å². The Morgan fingerprint density at radius 1 is 1.04 bits per heavy atom. The molecule has 1 heterocycles. The highest BCUT2D eigenvalue weighted by molar-refractivity contribution is 7.10. The smallest absolute Gasteiger partial charge is 0.342 e. The van der Waals surface area contributed by atoms with Gasteiger partial charge in [-0.15, -0.1) is 11.3 Å². The molecule has 0 saturated carbocycles. The van der Waals surface area contributed by atoms with Crippen molar-refractivity contribution in [3.8, 4) is 17.2 Å². The number of nitrogens with zero attached hydrogens (tertiary/aromatic N) is 1. The number of carbonyl (C=O) groups excluding carboxylic acids is 2. The van der Waals surface area contributed by atoms with Crippen LogP contribution in [0.5, 0.6) is 17.2 Å². The van der Waals surface area contributed by atoms with Gasteiger partial charge in [0.05, 0.1) is 21.3 Å². The Kier molecular flexibility index (Phi) is 6.80. The maximum Gasteiger partial charge on any atom is 0.342 e. The van der Waals surface area contributed by atoms with E-state index >= 15 is 0 Å². The minimum atomic E-state index is -0.755. The monoisotopic (exact) mass is 405 g/mol. The summed E-state index contributed by atoms with van der Waals surface area (Å²) in [5.41, 5.74) is -0.698. The number of thiazole rings is 1. The molecule has 1 aromatic carbocycles. The zero-order valence-electron chi connectivity index (χ0n) is 16.7. The molecule has 2 rings (SSSR count). The minimum absolute atomic E-state index is 0.140. The second-order valence-electron chi connectivity index (χ2n) is 6.67. The van der Waals surface area contributed by atoms with Crippen molar-refractivity contribution in [2.24, 2.45) is 0 Å². The molecule has 8 heteroatoms. The molecule has 0 amide bonds. The summed E-state index contributed by atoms with van der Waals surface area (Å²) in [6, 6.07) is 2.98. The summed E-state index contributed by atoms with van der Waals surface area (Å²) in [5.74, 6) is -0.305. The molecule has 0 atom stereocenters. The number of hydrogen-bond donors (Lipinski definition) is 0. The molecule has 0 fully saturated rings. The summed E-state index contributed by atoms with van der Waals surface area (Å²) in [6.45, 7) is 5.20. The van der Waals surface area contributed by atoms with Crippen LogP contribution in [0.2, 0.25) is 0 Å². The zero-order valence-corrected chi connectivity index (χ0v) is 17.5. The molecule has 0 aliphatic carbocycles. The normalized spacial score (nSPS) is 11.7. The summed E-state index contributed by atoms with van der Waals surface area (Å²) < 4.78 is 21.3. The van der Waals surface area contributed by atoms with Crippen LogP contribution in [0.25, 0.3) is 6.08 Å². The molecule has 0 saturated heterocycles. The first-order valence-corrected chi connectivity index (χ1v) is 9.27. The molecule has 0 aliphatic rings. The highest BCUT2D eigenvalue weighted by Crippen LogP contribution is 2.39. The summed E-state index contributed by atoms with van der Waals surface area (Å²) in [5, 5.41) is 2.27. The van der Waals surface area contributed by atoms with E-state index in [1.54, 1.807) is 32.3 Å². The van der Waals surface area contributed by atoms with E-state index in [4.69, 9.17) is 18.9 Å². The lowest BCUT2D eigenvalue weighted by Gasteiger charge is -2.20. The standard InChI is InChI=1S/C20H23NO6S/c1-20(2,3)27-19(23)13(11-16-21-7-8-28-16)17(22)12-9-14(24-4)18(26-6)15(10-12)25-5/h7-11H,1-6H3/b13-11-. The summed E-state index contributed by atoms with van der Waals surface area (Å²) >= 11 is 1.30. The Hall–Kier alpha value is -2.87. The third-order valence-electron chi connectivity index (χ3n) is 3.51. The topological polar surface area (TPSA) is 84.0 Å². The zero-order chi connectivity index (χ0) is 20.9. The van der Waals surface area contributed by atoms with E-state index in [1.165, 1.54) is 50.9 Å². The van der Waals surface area contributed by atoms with Crippen molar-refractivity contribution < 1.29 is 28.5 Å². The highest BCUT2D eigenvalue weighted by Gasteiger charge is 2.28. The number of ether oxygens (including phenoxy) is 4. The van der Waals surface area contributed by atoms with Gasteiger partial charge in [-0.05, 0) is 39.0 Å². The number of ketones is 1. The van der Waals surface area contributed by atoms with E-state index in [-0.39, 0.29) is 11.1 Å². The summed E-state index contributed by atoms with van der Waals surface area (Å²) in [4.78, 5) is 30.0. The average molecular weight is 405 g/mol. The van der Waals surface area contributed by atoms with E-state index in [0.29, 0.717) is 22.3 Å². The Labute approximate surface area is 167 Å². The maximum atomic E-state index is 13.2. The van der Waals surface area contributed by atoms with Crippen molar-refractivity contribution in [2.75, 3.05) is 21.3 Å². The van der Waals surface area contributed by atoms with Gasteiger partial charge in [0, 0.05) is 17.1 Å². The van der Waals surface area contributed by atoms with Crippen LogP contribution in [0.1, 0.15) is 36.1 Å².